The van der Waals surface area contributed by atoms with Gasteiger partial charge in [0, 0.05) is 12.3 Å². The van der Waals surface area contributed by atoms with Gasteiger partial charge in [0.1, 0.15) is 11.9 Å². The average molecular weight is 692 g/mol. The van der Waals surface area contributed by atoms with E-state index in [1.807, 2.05) is 24.9 Å². The largest absolute Gasteiger partial charge is 0.508 e. The van der Waals surface area contributed by atoms with Crippen LogP contribution in [-0.2, 0) is 6.42 Å². The molecule has 3 unspecified atom stereocenters. The van der Waals surface area contributed by atoms with E-state index in [0.29, 0.717) is 32.2 Å². The van der Waals surface area contributed by atoms with Crippen LogP contribution < -0.4 is 0 Å². The van der Waals surface area contributed by atoms with Gasteiger partial charge in [0.15, 0.2) is 0 Å². The van der Waals surface area contributed by atoms with E-state index in [1.165, 1.54) is 0 Å². The van der Waals surface area contributed by atoms with Crippen LogP contribution in [0.1, 0.15) is 101 Å². The van der Waals surface area contributed by atoms with Crippen molar-refractivity contribution in [1.29, 1.82) is 0 Å². The summed E-state index contributed by atoms with van der Waals surface area (Å²) in [5.74, 6) is -18.4. The van der Waals surface area contributed by atoms with Crippen molar-refractivity contribution in [3.63, 3.8) is 0 Å². The number of rotatable bonds is 15. The first-order valence-electron chi connectivity index (χ1n) is 16.8. The average Bonchev–Trinajstić information content (AvgIpc) is 3.26. The van der Waals surface area contributed by atoms with E-state index in [4.69, 9.17) is 0 Å². The number of phenols is 1. The quantitative estimate of drug-likeness (QED) is 0.142. The van der Waals surface area contributed by atoms with E-state index in [1.54, 1.807) is 12.1 Å². The van der Waals surface area contributed by atoms with Crippen LogP contribution in [0, 0.1) is 23.2 Å². The Morgan fingerprint density at radius 2 is 1.47 bits per heavy atom. The summed E-state index contributed by atoms with van der Waals surface area (Å²) in [4.78, 5) is 2.03. The van der Waals surface area contributed by atoms with Gasteiger partial charge >= 0.3 is 23.9 Å². The molecular weight excluding hydrogens is 644 g/mol. The lowest BCUT2D eigenvalue weighted by Gasteiger charge is -2.54. The van der Waals surface area contributed by atoms with Gasteiger partial charge in [0.05, 0.1) is 6.10 Å². The van der Waals surface area contributed by atoms with Crippen LogP contribution in [0.2, 0.25) is 0 Å². The Morgan fingerprint density at radius 3 is 2.11 bits per heavy atom. The SMILES string of the molecule is CN(CCCCCCC(F)(F)C(F)(F)C(F)(F)C(F)(F)F)CCCCC[C@@H]1Cc2cc(O)ccc2C2C1C1CC[C@H](O)[C@@]1(C)C[C@@H]2F. The number of phenolic OH excluding ortho intramolecular Hbond substituents is 1. The molecule has 0 aromatic heterocycles. The first-order chi connectivity index (χ1) is 21.7. The van der Waals surface area contributed by atoms with Crippen molar-refractivity contribution in [3.05, 3.63) is 29.3 Å². The molecular formula is C34H47F10NO2. The summed E-state index contributed by atoms with van der Waals surface area (Å²) in [6, 6.07) is 5.25. The zero-order valence-electron chi connectivity index (χ0n) is 26.9. The molecule has 3 nitrogen and oxygen atoms in total. The van der Waals surface area contributed by atoms with Gasteiger partial charge in [-0.3, -0.25) is 0 Å². The lowest BCUT2D eigenvalue weighted by atomic mass is 9.51. The maximum Gasteiger partial charge on any atom is 0.460 e. The highest BCUT2D eigenvalue weighted by atomic mass is 19.4. The fourth-order valence-electron chi connectivity index (χ4n) is 8.76. The molecule has 0 heterocycles. The van der Waals surface area contributed by atoms with Gasteiger partial charge in [-0.1, -0.05) is 38.7 Å². The van der Waals surface area contributed by atoms with Crippen LogP contribution in [0.15, 0.2) is 18.2 Å². The summed E-state index contributed by atoms with van der Waals surface area (Å²) in [6.07, 6.45) is -3.67. The lowest BCUT2D eigenvalue weighted by molar-refractivity contribution is -0.396. The standard InChI is InChI=1S/C34H47F10NO2/c1-30-20-26(35)29-24-12-11-23(46)19-22(24)18-21(28(29)25(30)13-14-27(30)47)10-6-5-9-17-45(2)16-8-4-3-7-15-31(36,37)32(38,39)33(40,41)34(42,43)44/h11-12,19,21,25-29,46-47H,3-10,13-18,20H2,1-2H3/t21-,25?,26+,27+,28?,29?,30+/m1/s1. The zero-order chi connectivity index (χ0) is 35.0. The van der Waals surface area contributed by atoms with E-state index < -0.39 is 54.5 Å². The van der Waals surface area contributed by atoms with Crippen molar-refractivity contribution in [3.8, 4) is 5.75 Å². The fraction of sp³-hybridized carbons (Fsp3) is 0.824. The molecule has 0 spiro atoms. The fourth-order valence-corrected chi connectivity index (χ4v) is 8.76. The van der Waals surface area contributed by atoms with Gasteiger partial charge in [0.2, 0.25) is 0 Å². The molecule has 47 heavy (non-hydrogen) atoms. The summed E-state index contributed by atoms with van der Waals surface area (Å²) in [5.41, 5.74) is 1.54. The van der Waals surface area contributed by atoms with Crippen molar-refractivity contribution < 1.29 is 54.1 Å². The van der Waals surface area contributed by atoms with Crippen LogP contribution in [-0.4, -0.2) is 71.5 Å². The number of alkyl halides is 10. The van der Waals surface area contributed by atoms with E-state index in [0.717, 1.165) is 56.2 Å². The van der Waals surface area contributed by atoms with Crippen molar-refractivity contribution in [1.82, 2.24) is 4.90 Å². The Bertz CT molecular complexity index is 1190. The summed E-state index contributed by atoms with van der Waals surface area (Å²) >= 11 is 0. The predicted octanol–water partition coefficient (Wildman–Crippen LogP) is 9.69. The number of nitrogens with zero attached hydrogens (tertiary/aromatic N) is 1. The van der Waals surface area contributed by atoms with Gasteiger partial charge in [-0.15, -0.1) is 0 Å². The maximum atomic E-state index is 15.9. The van der Waals surface area contributed by atoms with Crippen LogP contribution in [0.4, 0.5) is 43.9 Å². The van der Waals surface area contributed by atoms with Crippen molar-refractivity contribution in [2.75, 3.05) is 20.1 Å². The van der Waals surface area contributed by atoms with E-state index >= 15 is 4.39 Å². The molecule has 3 aliphatic carbocycles. The van der Waals surface area contributed by atoms with Crippen LogP contribution in [0.3, 0.4) is 0 Å². The molecule has 2 fully saturated rings. The van der Waals surface area contributed by atoms with Crippen molar-refractivity contribution in [2.45, 2.75) is 133 Å². The van der Waals surface area contributed by atoms with Gasteiger partial charge in [-0.25, -0.2) is 4.39 Å². The number of aliphatic hydroxyl groups is 1. The Hall–Kier alpha value is -1.76. The molecule has 4 rings (SSSR count). The monoisotopic (exact) mass is 691 g/mol. The van der Waals surface area contributed by atoms with Gasteiger partial charge in [-0.05, 0) is 118 Å². The third kappa shape index (κ3) is 7.55. The Balaban J connectivity index is 1.19. The number of halogens is 10. The van der Waals surface area contributed by atoms with Gasteiger partial charge < -0.3 is 15.1 Å². The number of hydrogen-bond acceptors (Lipinski definition) is 3. The minimum Gasteiger partial charge on any atom is -0.508 e. The molecule has 1 aromatic rings. The second-order valence-electron chi connectivity index (χ2n) is 14.5. The van der Waals surface area contributed by atoms with Crippen LogP contribution in [0.5, 0.6) is 5.75 Å². The second-order valence-corrected chi connectivity index (χ2v) is 14.5. The number of hydrogen-bond donors (Lipinski definition) is 2. The molecule has 7 atom stereocenters. The highest BCUT2D eigenvalue weighted by molar-refractivity contribution is 5.41. The Kier molecular flexibility index (Phi) is 11.5. The molecule has 2 saturated carbocycles. The summed E-state index contributed by atoms with van der Waals surface area (Å²) < 4.78 is 133. The lowest BCUT2D eigenvalue weighted by Crippen LogP contribution is -2.60. The summed E-state index contributed by atoms with van der Waals surface area (Å²) in [5, 5.41) is 20.9. The summed E-state index contributed by atoms with van der Waals surface area (Å²) in [6.45, 7) is 3.35. The van der Waals surface area contributed by atoms with Crippen molar-refractivity contribution >= 4 is 0 Å². The van der Waals surface area contributed by atoms with Crippen LogP contribution in [0.25, 0.3) is 0 Å². The third-order valence-corrected chi connectivity index (χ3v) is 11.4. The summed E-state index contributed by atoms with van der Waals surface area (Å²) in [7, 11) is 1.87. The smallest absolute Gasteiger partial charge is 0.460 e. The molecule has 2 N–H and O–H groups in total. The van der Waals surface area contributed by atoms with Crippen molar-refractivity contribution in [2.24, 2.45) is 23.2 Å². The first-order valence-corrected chi connectivity index (χ1v) is 16.8. The minimum absolute atomic E-state index is 0.0155. The first kappa shape index (κ1) is 38.0. The third-order valence-electron chi connectivity index (χ3n) is 11.4. The predicted molar refractivity (Wildman–Crippen MR) is 158 cm³/mol. The van der Waals surface area contributed by atoms with E-state index in [2.05, 4.69) is 0 Å². The van der Waals surface area contributed by atoms with Gasteiger partial charge in [0.25, 0.3) is 0 Å². The van der Waals surface area contributed by atoms with E-state index in [9.17, 15) is 49.7 Å². The number of aliphatic hydroxyl groups excluding tert-OH is 1. The second kappa shape index (κ2) is 14.2. The molecule has 0 saturated heterocycles. The zero-order valence-corrected chi connectivity index (χ0v) is 26.9. The van der Waals surface area contributed by atoms with E-state index in [-0.39, 0.29) is 35.8 Å². The number of aromatic hydroxyl groups is 1. The Morgan fingerprint density at radius 1 is 0.851 bits per heavy atom. The Labute approximate surface area is 270 Å². The highest BCUT2D eigenvalue weighted by Crippen LogP contribution is 2.63. The number of unbranched alkanes of at least 4 members (excludes halogenated alkanes) is 5. The topological polar surface area (TPSA) is 43.7 Å². The molecule has 270 valence electrons. The number of benzene rings is 1. The van der Waals surface area contributed by atoms with Crippen LogP contribution >= 0.6 is 0 Å². The molecule has 13 heteroatoms. The minimum atomic E-state index is -6.84. The molecule has 0 aliphatic heterocycles. The molecule has 0 bridgehead atoms. The molecule has 0 amide bonds. The highest BCUT2D eigenvalue weighted by Gasteiger charge is 2.81. The number of fused-ring (bicyclic) bond motifs is 5. The van der Waals surface area contributed by atoms with Gasteiger partial charge in [-0.2, -0.15) is 39.5 Å². The normalized spacial score (nSPS) is 29.9. The molecule has 0 radical (unpaired) electrons. The maximum absolute atomic E-state index is 15.9. The molecule has 3 aliphatic rings. The molecule has 1 aromatic carbocycles.